The third-order valence-corrected chi connectivity index (χ3v) is 5.46. The van der Waals surface area contributed by atoms with E-state index in [0.29, 0.717) is 25.1 Å². The van der Waals surface area contributed by atoms with Gasteiger partial charge in [0.15, 0.2) is 6.61 Å². The SMILES string of the molecule is C=CCn1c(C)cc(C(=O)COC(=O)c2ccc3c(c2)C(=O)N(CCCOC)C3=O)c1C. The zero-order chi connectivity index (χ0) is 23.4. The summed E-state index contributed by atoms with van der Waals surface area (Å²) in [6, 6.07) is 5.96. The number of amides is 2. The van der Waals surface area contributed by atoms with E-state index in [1.165, 1.54) is 18.2 Å². The highest BCUT2D eigenvalue weighted by Crippen LogP contribution is 2.25. The summed E-state index contributed by atoms with van der Waals surface area (Å²) in [5.41, 5.74) is 2.68. The largest absolute Gasteiger partial charge is 0.454 e. The summed E-state index contributed by atoms with van der Waals surface area (Å²) in [4.78, 5) is 51.3. The molecule has 1 aliphatic rings. The maximum Gasteiger partial charge on any atom is 0.338 e. The molecule has 32 heavy (non-hydrogen) atoms. The summed E-state index contributed by atoms with van der Waals surface area (Å²) in [5.74, 6) is -1.91. The van der Waals surface area contributed by atoms with Crippen LogP contribution >= 0.6 is 0 Å². The normalized spacial score (nSPS) is 12.8. The summed E-state index contributed by atoms with van der Waals surface area (Å²) >= 11 is 0. The van der Waals surface area contributed by atoms with Gasteiger partial charge < -0.3 is 14.0 Å². The summed E-state index contributed by atoms with van der Waals surface area (Å²) in [6.07, 6.45) is 2.26. The van der Waals surface area contributed by atoms with Crippen molar-refractivity contribution in [1.82, 2.24) is 9.47 Å². The predicted octanol–water partition coefficient (Wildman–Crippen LogP) is 2.96. The Morgan fingerprint density at radius 3 is 2.50 bits per heavy atom. The number of imide groups is 1. The van der Waals surface area contributed by atoms with Gasteiger partial charge >= 0.3 is 5.97 Å². The number of methoxy groups -OCH3 is 1. The zero-order valence-corrected chi connectivity index (χ0v) is 18.5. The molecule has 1 aromatic heterocycles. The fraction of sp³-hybridized carbons (Fsp3) is 0.333. The van der Waals surface area contributed by atoms with Crippen molar-refractivity contribution in [2.75, 3.05) is 26.9 Å². The molecule has 168 valence electrons. The monoisotopic (exact) mass is 438 g/mol. The molecule has 8 heteroatoms. The van der Waals surface area contributed by atoms with Crippen LogP contribution in [0.4, 0.5) is 0 Å². The minimum Gasteiger partial charge on any atom is -0.454 e. The van der Waals surface area contributed by atoms with E-state index in [9.17, 15) is 19.2 Å². The lowest BCUT2D eigenvalue weighted by Gasteiger charge is -2.12. The van der Waals surface area contributed by atoms with E-state index in [0.717, 1.165) is 16.3 Å². The predicted molar refractivity (Wildman–Crippen MR) is 117 cm³/mol. The van der Waals surface area contributed by atoms with Gasteiger partial charge in [0.05, 0.1) is 16.7 Å². The van der Waals surface area contributed by atoms with Gasteiger partial charge in [-0.15, -0.1) is 6.58 Å². The van der Waals surface area contributed by atoms with Crippen molar-refractivity contribution < 1.29 is 28.7 Å². The van der Waals surface area contributed by atoms with Gasteiger partial charge in [0.2, 0.25) is 5.78 Å². The summed E-state index contributed by atoms with van der Waals surface area (Å²) in [7, 11) is 1.55. The molecule has 0 fully saturated rings. The molecule has 1 aliphatic heterocycles. The molecule has 3 rings (SSSR count). The van der Waals surface area contributed by atoms with Gasteiger partial charge in [-0.3, -0.25) is 19.3 Å². The van der Waals surface area contributed by atoms with Crippen molar-refractivity contribution in [3.8, 4) is 0 Å². The fourth-order valence-electron chi connectivity index (χ4n) is 3.77. The number of nitrogens with zero attached hydrogens (tertiary/aromatic N) is 2. The van der Waals surface area contributed by atoms with E-state index in [1.807, 2.05) is 18.4 Å². The molecule has 2 amide bonds. The van der Waals surface area contributed by atoms with Crippen molar-refractivity contribution in [3.05, 3.63) is 70.6 Å². The molecular weight excluding hydrogens is 412 g/mol. The molecule has 0 atom stereocenters. The van der Waals surface area contributed by atoms with Crippen LogP contribution in [0.15, 0.2) is 36.9 Å². The molecule has 0 N–H and O–H groups in total. The number of fused-ring (bicyclic) bond motifs is 1. The number of ether oxygens (including phenoxy) is 2. The van der Waals surface area contributed by atoms with Gasteiger partial charge in [-0.05, 0) is 44.5 Å². The Kier molecular flexibility index (Phi) is 7.05. The van der Waals surface area contributed by atoms with Crippen molar-refractivity contribution in [2.24, 2.45) is 0 Å². The molecule has 8 nitrogen and oxygen atoms in total. The van der Waals surface area contributed by atoms with Crippen LogP contribution in [0, 0.1) is 13.8 Å². The number of hydrogen-bond acceptors (Lipinski definition) is 6. The first-order valence-corrected chi connectivity index (χ1v) is 10.3. The summed E-state index contributed by atoms with van der Waals surface area (Å²) in [5, 5.41) is 0. The first-order valence-electron chi connectivity index (χ1n) is 10.3. The molecule has 1 aromatic carbocycles. The minimum absolute atomic E-state index is 0.105. The van der Waals surface area contributed by atoms with Crippen molar-refractivity contribution in [2.45, 2.75) is 26.8 Å². The summed E-state index contributed by atoms with van der Waals surface area (Å²) < 4.78 is 12.1. The van der Waals surface area contributed by atoms with E-state index < -0.39 is 24.4 Å². The number of allylic oxidation sites excluding steroid dienone is 1. The first kappa shape index (κ1) is 23.1. The lowest BCUT2D eigenvalue weighted by Crippen LogP contribution is -2.31. The lowest BCUT2D eigenvalue weighted by atomic mass is 10.1. The Labute approximate surface area is 186 Å². The number of Topliss-reactive ketones (excluding diaryl/α,β-unsaturated/α-hetero) is 1. The molecule has 0 saturated heterocycles. The number of carbonyl (C=O) groups excluding carboxylic acids is 4. The average Bonchev–Trinajstić information content (AvgIpc) is 3.20. The average molecular weight is 438 g/mol. The lowest BCUT2D eigenvalue weighted by molar-refractivity contribution is 0.0474. The Balaban J connectivity index is 1.68. The van der Waals surface area contributed by atoms with Gasteiger partial charge in [0.1, 0.15) is 0 Å². The number of carbonyl (C=O) groups is 4. The molecule has 0 unspecified atom stereocenters. The number of rotatable bonds is 10. The van der Waals surface area contributed by atoms with Crippen LogP contribution in [0.5, 0.6) is 0 Å². The molecule has 2 aromatic rings. The molecule has 0 radical (unpaired) electrons. The van der Waals surface area contributed by atoms with Crippen molar-refractivity contribution >= 4 is 23.6 Å². The molecular formula is C24H26N2O6. The van der Waals surface area contributed by atoms with E-state index in [1.54, 1.807) is 19.3 Å². The van der Waals surface area contributed by atoms with Gasteiger partial charge in [0.25, 0.3) is 11.8 Å². The molecule has 2 heterocycles. The van der Waals surface area contributed by atoms with Crippen LogP contribution in [0.3, 0.4) is 0 Å². The molecule has 0 bridgehead atoms. The number of benzene rings is 1. The summed E-state index contributed by atoms with van der Waals surface area (Å²) in [6.45, 7) is 8.24. The highest BCUT2D eigenvalue weighted by molar-refractivity contribution is 6.22. The second-order valence-corrected chi connectivity index (χ2v) is 7.55. The van der Waals surface area contributed by atoms with Crippen molar-refractivity contribution in [3.63, 3.8) is 0 Å². The van der Waals surface area contributed by atoms with Crippen LogP contribution in [0.2, 0.25) is 0 Å². The van der Waals surface area contributed by atoms with Crippen LogP contribution in [0.25, 0.3) is 0 Å². The van der Waals surface area contributed by atoms with E-state index >= 15 is 0 Å². The topological polar surface area (TPSA) is 94.9 Å². The van der Waals surface area contributed by atoms with Gasteiger partial charge in [-0.1, -0.05) is 6.08 Å². The molecule has 0 spiro atoms. The Morgan fingerprint density at radius 2 is 1.81 bits per heavy atom. The number of aryl methyl sites for hydroxylation is 1. The second kappa shape index (κ2) is 9.74. The molecule has 0 saturated carbocycles. The smallest absolute Gasteiger partial charge is 0.338 e. The maximum absolute atomic E-state index is 12.6. The third-order valence-electron chi connectivity index (χ3n) is 5.46. The second-order valence-electron chi connectivity index (χ2n) is 7.55. The fourth-order valence-corrected chi connectivity index (χ4v) is 3.77. The standard InChI is InChI=1S/C24H26N2O6/c1-5-9-25-15(2)12-19(16(25)3)21(27)14-32-24(30)17-7-8-18-20(13-17)23(29)26(22(18)28)10-6-11-31-4/h5,7-8,12-13H,1,6,9-11,14H2,2-4H3. The van der Waals surface area contributed by atoms with E-state index in [-0.39, 0.29) is 29.0 Å². The van der Waals surface area contributed by atoms with Gasteiger partial charge in [-0.2, -0.15) is 0 Å². The maximum atomic E-state index is 12.6. The van der Waals surface area contributed by atoms with Crippen LogP contribution in [-0.2, 0) is 16.0 Å². The molecule has 0 aliphatic carbocycles. The highest BCUT2D eigenvalue weighted by atomic mass is 16.5. The van der Waals surface area contributed by atoms with Crippen LogP contribution in [-0.4, -0.2) is 59.9 Å². The number of hydrogen-bond donors (Lipinski definition) is 0. The van der Waals surface area contributed by atoms with Crippen LogP contribution < -0.4 is 0 Å². The van der Waals surface area contributed by atoms with E-state index in [2.05, 4.69) is 6.58 Å². The third kappa shape index (κ3) is 4.40. The van der Waals surface area contributed by atoms with Gasteiger partial charge in [0, 0.05) is 43.8 Å². The van der Waals surface area contributed by atoms with Gasteiger partial charge in [-0.25, -0.2) is 4.79 Å². The zero-order valence-electron chi connectivity index (χ0n) is 18.5. The first-order chi connectivity index (χ1) is 15.3. The van der Waals surface area contributed by atoms with Crippen molar-refractivity contribution in [1.29, 1.82) is 0 Å². The number of ketones is 1. The highest BCUT2D eigenvalue weighted by Gasteiger charge is 2.35. The Morgan fingerprint density at radius 1 is 1.09 bits per heavy atom. The quantitative estimate of drug-likeness (QED) is 0.186. The number of aromatic nitrogens is 1. The number of esters is 1. The minimum atomic E-state index is -0.737. The Bertz CT molecular complexity index is 1100. The Hall–Kier alpha value is -3.52. The van der Waals surface area contributed by atoms with Crippen LogP contribution in [0.1, 0.15) is 59.2 Å². The van der Waals surface area contributed by atoms with E-state index in [4.69, 9.17) is 9.47 Å².